The summed E-state index contributed by atoms with van der Waals surface area (Å²) in [5.41, 5.74) is 0. The summed E-state index contributed by atoms with van der Waals surface area (Å²) in [6, 6.07) is 2.07. The van der Waals surface area contributed by atoms with Crippen LogP contribution in [0.1, 0.15) is 83.5 Å². The van der Waals surface area contributed by atoms with E-state index in [1.165, 1.54) is 25.7 Å². The molecule has 2 saturated carbocycles. The van der Waals surface area contributed by atoms with Crippen molar-refractivity contribution >= 4 is 0 Å². The fourth-order valence-electron chi connectivity index (χ4n) is 4.15. The molecule has 5 heteroatoms. The molecule has 0 aromatic heterocycles. The molecule has 3 aliphatic rings. The summed E-state index contributed by atoms with van der Waals surface area (Å²) in [7, 11) is 0. The van der Waals surface area contributed by atoms with Crippen molar-refractivity contribution in [3.63, 3.8) is 0 Å². The number of nitrogens with zero attached hydrogens (tertiary/aromatic N) is 1. The van der Waals surface area contributed by atoms with E-state index >= 15 is 0 Å². The van der Waals surface area contributed by atoms with Gasteiger partial charge in [-0.2, -0.15) is 5.26 Å². The van der Waals surface area contributed by atoms with Crippen LogP contribution in [0.15, 0.2) is 0 Å². The van der Waals surface area contributed by atoms with E-state index < -0.39 is 5.79 Å². The zero-order valence-electron chi connectivity index (χ0n) is 14.7. The summed E-state index contributed by atoms with van der Waals surface area (Å²) in [6.07, 6.45) is 12.7. The van der Waals surface area contributed by atoms with Crippen LogP contribution in [0.2, 0.25) is 0 Å². The molecule has 1 heterocycles. The predicted molar refractivity (Wildman–Crippen MR) is 91.0 cm³/mol. The standard InChI is InChI=1S/C13H21NO2.C6H12O2/c14-8-2-4-11(15)6-7-13-10-3-1-5-12(9-10)16-13;7-6(8)4-2-1-3-5-6/h10-13,15H,1-7,9H2;7-8H,1-5H2/t10-,11+,12+,13+;/m1./s1. The van der Waals surface area contributed by atoms with Crippen LogP contribution < -0.4 is 0 Å². The van der Waals surface area contributed by atoms with Crippen LogP contribution in [-0.2, 0) is 4.74 Å². The van der Waals surface area contributed by atoms with E-state index in [1.807, 2.05) is 0 Å². The summed E-state index contributed by atoms with van der Waals surface area (Å²) in [5, 5.41) is 36.0. The second-order valence-electron chi connectivity index (χ2n) is 7.69. The van der Waals surface area contributed by atoms with Gasteiger partial charge in [0.15, 0.2) is 5.79 Å². The Kier molecular flexibility index (Phi) is 7.96. The Hall–Kier alpha value is -0.670. The van der Waals surface area contributed by atoms with E-state index in [-0.39, 0.29) is 6.10 Å². The molecule has 2 bridgehead atoms. The molecule has 24 heavy (non-hydrogen) atoms. The van der Waals surface area contributed by atoms with E-state index in [0.29, 0.717) is 37.9 Å². The summed E-state index contributed by atoms with van der Waals surface area (Å²) >= 11 is 0. The van der Waals surface area contributed by atoms with Crippen LogP contribution in [0.3, 0.4) is 0 Å². The van der Waals surface area contributed by atoms with Crippen molar-refractivity contribution in [1.29, 1.82) is 5.26 Å². The zero-order chi connectivity index (χ0) is 17.4. The van der Waals surface area contributed by atoms with Gasteiger partial charge in [-0.15, -0.1) is 0 Å². The van der Waals surface area contributed by atoms with Crippen molar-refractivity contribution in [2.24, 2.45) is 5.92 Å². The first kappa shape index (κ1) is 19.7. The number of nitriles is 1. The molecule has 3 fully saturated rings. The Balaban J connectivity index is 0.000000219. The lowest BCUT2D eigenvalue weighted by Gasteiger charge is -2.25. The van der Waals surface area contributed by atoms with Gasteiger partial charge in [0, 0.05) is 19.3 Å². The average molecular weight is 339 g/mol. The molecule has 3 rings (SSSR count). The van der Waals surface area contributed by atoms with Gasteiger partial charge in [-0.05, 0) is 57.3 Å². The van der Waals surface area contributed by atoms with E-state index in [4.69, 9.17) is 20.2 Å². The molecule has 0 aromatic rings. The number of hydrogen-bond donors (Lipinski definition) is 3. The van der Waals surface area contributed by atoms with Gasteiger partial charge >= 0.3 is 0 Å². The van der Waals surface area contributed by atoms with Crippen LogP contribution >= 0.6 is 0 Å². The monoisotopic (exact) mass is 339 g/mol. The van der Waals surface area contributed by atoms with Gasteiger partial charge in [0.05, 0.1) is 24.4 Å². The SMILES string of the molecule is N#CCC[C@H](O)CC[C@@H]1O[C@H]2CCC[C@@H]1C2.OC1(O)CCCCC1. The Morgan fingerprint density at radius 2 is 1.83 bits per heavy atom. The summed E-state index contributed by atoms with van der Waals surface area (Å²) in [5.74, 6) is -0.583. The maximum Gasteiger partial charge on any atom is 0.162 e. The minimum atomic E-state index is -1.32. The van der Waals surface area contributed by atoms with E-state index in [9.17, 15) is 5.11 Å². The Labute approximate surface area is 145 Å². The van der Waals surface area contributed by atoms with Gasteiger partial charge in [-0.1, -0.05) is 12.8 Å². The highest BCUT2D eigenvalue weighted by atomic mass is 16.5. The Morgan fingerprint density at radius 1 is 1.08 bits per heavy atom. The topological polar surface area (TPSA) is 93.7 Å². The lowest BCUT2D eigenvalue weighted by Crippen LogP contribution is -2.30. The molecule has 2 aliphatic carbocycles. The smallest absolute Gasteiger partial charge is 0.162 e. The Morgan fingerprint density at radius 3 is 2.42 bits per heavy atom. The molecule has 5 nitrogen and oxygen atoms in total. The predicted octanol–water partition coefficient (Wildman–Crippen LogP) is 3.02. The van der Waals surface area contributed by atoms with Gasteiger partial charge < -0.3 is 20.1 Å². The molecule has 0 radical (unpaired) electrons. The van der Waals surface area contributed by atoms with Crippen molar-refractivity contribution in [3.05, 3.63) is 0 Å². The minimum Gasteiger partial charge on any atom is -0.393 e. The lowest BCUT2D eigenvalue weighted by molar-refractivity contribution is -0.180. The normalized spacial score (nSPS) is 32.3. The third-order valence-electron chi connectivity index (χ3n) is 5.59. The van der Waals surface area contributed by atoms with Crippen molar-refractivity contribution in [1.82, 2.24) is 0 Å². The molecule has 1 saturated heterocycles. The van der Waals surface area contributed by atoms with Gasteiger partial charge in [0.25, 0.3) is 0 Å². The fourth-order valence-corrected chi connectivity index (χ4v) is 4.15. The highest BCUT2D eigenvalue weighted by Gasteiger charge is 2.37. The molecule has 0 spiro atoms. The van der Waals surface area contributed by atoms with Crippen molar-refractivity contribution in [3.8, 4) is 6.07 Å². The van der Waals surface area contributed by atoms with E-state index in [2.05, 4.69) is 6.07 Å². The average Bonchev–Trinajstić information content (AvgIpc) is 2.84. The van der Waals surface area contributed by atoms with Crippen molar-refractivity contribution in [2.75, 3.05) is 0 Å². The third-order valence-corrected chi connectivity index (χ3v) is 5.59. The molecular weight excluding hydrogens is 306 g/mol. The Bertz CT molecular complexity index is 399. The summed E-state index contributed by atoms with van der Waals surface area (Å²) in [6.45, 7) is 0. The second-order valence-corrected chi connectivity index (χ2v) is 7.69. The van der Waals surface area contributed by atoms with Gasteiger partial charge in [-0.3, -0.25) is 0 Å². The highest BCUT2D eigenvalue weighted by molar-refractivity contribution is 4.87. The lowest BCUT2D eigenvalue weighted by atomic mass is 9.85. The van der Waals surface area contributed by atoms with Crippen LogP contribution in [-0.4, -0.2) is 39.4 Å². The van der Waals surface area contributed by atoms with Gasteiger partial charge in [0.2, 0.25) is 0 Å². The molecule has 4 atom stereocenters. The number of ether oxygens (including phenoxy) is 1. The maximum atomic E-state index is 9.67. The molecular formula is C19H33NO4. The quantitative estimate of drug-likeness (QED) is 0.669. The molecule has 3 N–H and O–H groups in total. The number of hydrogen-bond acceptors (Lipinski definition) is 5. The molecule has 1 aliphatic heterocycles. The number of fused-ring (bicyclic) bond motifs is 2. The first-order valence-corrected chi connectivity index (χ1v) is 9.65. The van der Waals surface area contributed by atoms with E-state index in [1.54, 1.807) is 0 Å². The number of aliphatic hydroxyl groups excluding tert-OH is 1. The van der Waals surface area contributed by atoms with Crippen LogP contribution in [0.25, 0.3) is 0 Å². The largest absolute Gasteiger partial charge is 0.393 e. The zero-order valence-corrected chi connectivity index (χ0v) is 14.7. The van der Waals surface area contributed by atoms with Crippen molar-refractivity contribution in [2.45, 2.75) is 108 Å². The first-order chi connectivity index (χ1) is 11.5. The van der Waals surface area contributed by atoms with Gasteiger partial charge in [0.1, 0.15) is 0 Å². The second kappa shape index (κ2) is 9.72. The summed E-state index contributed by atoms with van der Waals surface area (Å²) < 4.78 is 5.96. The van der Waals surface area contributed by atoms with Crippen LogP contribution in [0.5, 0.6) is 0 Å². The molecule has 138 valence electrons. The molecule has 0 aromatic carbocycles. The maximum absolute atomic E-state index is 9.67. The fraction of sp³-hybridized carbons (Fsp3) is 0.947. The van der Waals surface area contributed by atoms with Crippen molar-refractivity contribution < 1.29 is 20.1 Å². The number of aliphatic hydroxyl groups is 3. The van der Waals surface area contributed by atoms with Gasteiger partial charge in [-0.25, -0.2) is 0 Å². The number of rotatable bonds is 5. The van der Waals surface area contributed by atoms with Crippen LogP contribution in [0, 0.1) is 17.2 Å². The summed E-state index contributed by atoms with van der Waals surface area (Å²) in [4.78, 5) is 0. The highest BCUT2D eigenvalue weighted by Crippen LogP contribution is 2.39. The molecule has 0 amide bonds. The first-order valence-electron chi connectivity index (χ1n) is 9.65. The third kappa shape index (κ3) is 6.68. The minimum absolute atomic E-state index is 0.316. The molecule has 0 unspecified atom stereocenters. The van der Waals surface area contributed by atoms with Crippen LogP contribution in [0.4, 0.5) is 0 Å². The van der Waals surface area contributed by atoms with E-state index in [0.717, 1.165) is 38.0 Å².